The lowest BCUT2D eigenvalue weighted by atomic mass is 10.1. The molecule has 2 aromatic heterocycles. The number of hydrogen-bond acceptors (Lipinski definition) is 5. The number of ether oxygens (including phenoxy) is 1. The molecule has 3 rings (SSSR count). The third-order valence-electron chi connectivity index (χ3n) is 3.34. The molecule has 0 amide bonds. The molecule has 0 spiro atoms. The minimum atomic E-state index is -0.0941. The number of nitrogens with zero attached hydrogens (tertiary/aromatic N) is 3. The molecule has 0 aliphatic carbocycles. The summed E-state index contributed by atoms with van der Waals surface area (Å²) in [5, 5.41) is 2.02. The predicted molar refractivity (Wildman–Crippen MR) is 68.5 cm³/mol. The van der Waals surface area contributed by atoms with Gasteiger partial charge in [-0.1, -0.05) is 0 Å². The number of aromatic nitrogens is 2. The number of thiazole rings is 1. The van der Waals surface area contributed by atoms with Crippen LogP contribution in [0.3, 0.4) is 0 Å². The Bertz CT molecular complexity index is 534. The molecule has 3 heterocycles. The molecule has 18 heavy (non-hydrogen) atoms. The summed E-state index contributed by atoms with van der Waals surface area (Å²) in [6, 6.07) is 0. The summed E-state index contributed by atoms with van der Waals surface area (Å²) in [6.07, 6.45) is 4.95. The van der Waals surface area contributed by atoms with Gasteiger partial charge in [0.1, 0.15) is 0 Å². The van der Waals surface area contributed by atoms with Crippen LogP contribution < -0.4 is 0 Å². The molecule has 1 saturated heterocycles. The third-order valence-corrected chi connectivity index (χ3v) is 4.11. The summed E-state index contributed by atoms with van der Waals surface area (Å²) < 4.78 is 6.82. The zero-order valence-electron chi connectivity index (χ0n) is 10.2. The molecule has 0 saturated carbocycles. The molecule has 0 aromatic carbocycles. The fourth-order valence-electron chi connectivity index (χ4n) is 2.42. The third kappa shape index (κ3) is 2.13. The van der Waals surface area contributed by atoms with Crippen LogP contribution in [-0.2, 0) is 16.1 Å². The predicted octanol–water partition coefficient (Wildman–Crippen LogP) is 1.39. The highest BCUT2D eigenvalue weighted by molar-refractivity contribution is 7.15. The molecule has 1 aliphatic rings. The summed E-state index contributed by atoms with van der Waals surface area (Å²) in [6.45, 7) is 2.52. The maximum absolute atomic E-state index is 11.4. The number of methoxy groups -OCH3 is 1. The summed E-state index contributed by atoms with van der Waals surface area (Å²) in [4.78, 5) is 19.3. The molecule has 1 unspecified atom stereocenters. The van der Waals surface area contributed by atoms with Gasteiger partial charge in [-0.2, -0.15) is 0 Å². The second-order valence-corrected chi connectivity index (χ2v) is 5.44. The van der Waals surface area contributed by atoms with E-state index in [4.69, 9.17) is 4.74 Å². The lowest BCUT2D eigenvalue weighted by Crippen LogP contribution is -2.23. The monoisotopic (exact) mass is 265 g/mol. The second kappa shape index (κ2) is 4.70. The summed E-state index contributed by atoms with van der Waals surface area (Å²) in [5.74, 6) is -0.0675. The van der Waals surface area contributed by atoms with E-state index in [1.54, 1.807) is 11.3 Å². The van der Waals surface area contributed by atoms with Crippen LogP contribution in [0.1, 0.15) is 12.1 Å². The quantitative estimate of drug-likeness (QED) is 0.787. The molecule has 0 radical (unpaired) electrons. The highest BCUT2D eigenvalue weighted by Crippen LogP contribution is 2.20. The molecule has 1 fully saturated rings. The first-order chi connectivity index (χ1) is 8.76. The molecular formula is C12H15N3O2S. The number of rotatable bonds is 3. The largest absolute Gasteiger partial charge is 0.469 e. The molecular weight excluding hydrogens is 250 g/mol. The number of carbonyl (C=O) groups is 1. The Kier molecular flexibility index (Phi) is 3.05. The van der Waals surface area contributed by atoms with E-state index in [1.165, 1.54) is 7.11 Å². The molecule has 2 aromatic rings. The standard InChI is InChI=1S/C12H15N3O2S/c1-17-11(16)9-2-3-14(6-9)7-10-8-15-4-5-18-12(15)13-10/h4-5,8-9H,2-3,6-7H2,1H3. The topological polar surface area (TPSA) is 46.8 Å². The summed E-state index contributed by atoms with van der Waals surface area (Å²) in [5.41, 5.74) is 1.06. The minimum Gasteiger partial charge on any atom is -0.469 e. The van der Waals surface area contributed by atoms with Gasteiger partial charge in [-0.3, -0.25) is 14.1 Å². The first-order valence-electron chi connectivity index (χ1n) is 5.97. The minimum absolute atomic E-state index is 0.0266. The highest BCUT2D eigenvalue weighted by atomic mass is 32.1. The van der Waals surface area contributed by atoms with Crippen molar-refractivity contribution in [3.8, 4) is 0 Å². The van der Waals surface area contributed by atoms with Gasteiger partial charge in [-0.05, 0) is 13.0 Å². The normalized spacial score (nSPS) is 20.6. The second-order valence-electron chi connectivity index (χ2n) is 4.57. The molecule has 1 aliphatic heterocycles. The van der Waals surface area contributed by atoms with Gasteiger partial charge in [0.15, 0.2) is 4.96 Å². The van der Waals surface area contributed by atoms with Crippen molar-refractivity contribution < 1.29 is 9.53 Å². The number of carbonyl (C=O) groups excluding carboxylic acids is 1. The molecule has 5 nitrogen and oxygen atoms in total. The van der Waals surface area contributed by atoms with Crippen molar-refractivity contribution in [2.75, 3.05) is 20.2 Å². The van der Waals surface area contributed by atoms with E-state index in [1.807, 2.05) is 16.0 Å². The van der Waals surface area contributed by atoms with Gasteiger partial charge in [-0.25, -0.2) is 4.98 Å². The molecule has 0 bridgehead atoms. The Labute approximate surface area is 109 Å². The summed E-state index contributed by atoms with van der Waals surface area (Å²) in [7, 11) is 1.45. The fourth-order valence-corrected chi connectivity index (χ4v) is 3.14. The van der Waals surface area contributed by atoms with E-state index in [-0.39, 0.29) is 11.9 Å². The van der Waals surface area contributed by atoms with Gasteiger partial charge in [0, 0.05) is 30.9 Å². The lowest BCUT2D eigenvalue weighted by molar-refractivity contribution is -0.144. The van der Waals surface area contributed by atoms with Crippen LogP contribution in [0.25, 0.3) is 4.96 Å². The van der Waals surface area contributed by atoms with E-state index in [9.17, 15) is 4.79 Å². The van der Waals surface area contributed by atoms with Gasteiger partial charge < -0.3 is 4.74 Å². The molecule has 1 atom stereocenters. The zero-order chi connectivity index (χ0) is 12.5. The van der Waals surface area contributed by atoms with Crippen molar-refractivity contribution in [1.82, 2.24) is 14.3 Å². The Morgan fingerprint density at radius 1 is 1.67 bits per heavy atom. The fraction of sp³-hybridized carbons (Fsp3) is 0.500. The smallest absolute Gasteiger partial charge is 0.310 e. The average molecular weight is 265 g/mol. The Balaban J connectivity index is 1.64. The van der Waals surface area contributed by atoms with E-state index in [0.717, 1.165) is 36.7 Å². The number of hydrogen-bond donors (Lipinski definition) is 0. The Morgan fingerprint density at radius 2 is 2.56 bits per heavy atom. The van der Waals surface area contributed by atoms with Crippen molar-refractivity contribution in [1.29, 1.82) is 0 Å². The van der Waals surface area contributed by atoms with Crippen LogP contribution in [0.2, 0.25) is 0 Å². The van der Waals surface area contributed by atoms with Crippen molar-refractivity contribution >= 4 is 22.3 Å². The zero-order valence-corrected chi connectivity index (χ0v) is 11.0. The van der Waals surface area contributed by atoms with Crippen LogP contribution in [0.4, 0.5) is 0 Å². The number of likely N-dealkylation sites (tertiary alicyclic amines) is 1. The van der Waals surface area contributed by atoms with Gasteiger partial charge in [-0.15, -0.1) is 11.3 Å². The molecule has 96 valence electrons. The van der Waals surface area contributed by atoms with E-state index in [2.05, 4.69) is 16.1 Å². The van der Waals surface area contributed by atoms with Crippen LogP contribution in [-0.4, -0.2) is 40.5 Å². The highest BCUT2D eigenvalue weighted by Gasteiger charge is 2.29. The van der Waals surface area contributed by atoms with Crippen molar-refractivity contribution in [3.63, 3.8) is 0 Å². The van der Waals surface area contributed by atoms with Crippen LogP contribution in [0.5, 0.6) is 0 Å². The van der Waals surface area contributed by atoms with Crippen LogP contribution in [0.15, 0.2) is 17.8 Å². The van der Waals surface area contributed by atoms with Gasteiger partial charge in [0.25, 0.3) is 0 Å². The molecule has 0 N–H and O–H groups in total. The Morgan fingerprint density at radius 3 is 3.33 bits per heavy atom. The summed E-state index contributed by atoms with van der Waals surface area (Å²) >= 11 is 1.63. The average Bonchev–Trinajstić information content (AvgIpc) is 3.03. The van der Waals surface area contributed by atoms with Gasteiger partial charge in [0.2, 0.25) is 0 Å². The van der Waals surface area contributed by atoms with E-state index in [0.29, 0.717) is 0 Å². The van der Waals surface area contributed by atoms with Crippen molar-refractivity contribution in [3.05, 3.63) is 23.5 Å². The van der Waals surface area contributed by atoms with Gasteiger partial charge in [0.05, 0.1) is 18.7 Å². The SMILES string of the molecule is COC(=O)C1CCN(Cc2cn3ccsc3n2)C1. The maximum Gasteiger partial charge on any atom is 0.310 e. The Hall–Kier alpha value is -1.40. The van der Waals surface area contributed by atoms with E-state index >= 15 is 0 Å². The molecule has 6 heteroatoms. The van der Waals surface area contributed by atoms with Crippen LogP contribution >= 0.6 is 11.3 Å². The van der Waals surface area contributed by atoms with Gasteiger partial charge >= 0.3 is 5.97 Å². The van der Waals surface area contributed by atoms with Crippen molar-refractivity contribution in [2.45, 2.75) is 13.0 Å². The first-order valence-corrected chi connectivity index (χ1v) is 6.85. The number of imidazole rings is 1. The maximum atomic E-state index is 11.4. The number of esters is 1. The lowest BCUT2D eigenvalue weighted by Gasteiger charge is -2.13. The van der Waals surface area contributed by atoms with E-state index < -0.39 is 0 Å². The number of fused-ring (bicyclic) bond motifs is 1. The first kappa shape index (κ1) is 11.7. The van der Waals surface area contributed by atoms with Crippen LogP contribution in [0, 0.1) is 5.92 Å². The van der Waals surface area contributed by atoms with Crippen molar-refractivity contribution in [2.24, 2.45) is 5.92 Å².